The van der Waals surface area contributed by atoms with Gasteiger partial charge in [0.15, 0.2) is 0 Å². The number of carboxylic acid groups (broad SMARTS) is 1. The van der Waals surface area contributed by atoms with E-state index < -0.39 is 5.97 Å². The lowest BCUT2D eigenvalue weighted by Crippen LogP contribution is -2.14. The van der Waals surface area contributed by atoms with Crippen LogP contribution in [0.4, 0.5) is 17.5 Å². The van der Waals surface area contributed by atoms with Gasteiger partial charge in [-0.3, -0.25) is 4.79 Å². The van der Waals surface area contributed by atoms with Crippen LogP contribution in [0.3, 0.4) is 0 Å². The molecule has 0 radical (unpaired) electrons. The average Bonchev–Trinajstić information content (AvgIpc) is 2.61. The molecule has 0 aliphatic heterocycles. The number of benzene rings is 2. The van der Waals surface area contributed by atoms with Crippen molar-refractivity contribution in [2.75, 3.05) is 23.8 Å². The fourth-order valence-corrected chi connectivity index (χ4v) is 2.36. The summed E-state index contributed by atoms with van der Waals surface area (Å²) in [5, 5.41) is 15.6. The Balaban J connectivity index is 1.88. The van der Waals surface area contributed by atoms with Crippen molar-refractivity contribution >= 4 is 34.3 Å². The minimum absolute atomic E-state index is 0.219. The maximum Gasteiger partial charge on any atom is 0.322 e. The number of aromatic nitrogens is 2. The maximum atomic E-state index is 10.8. The van der Waals surface area contributed by atoms with Crippen LogP contribution in [0.2, 0.25) is 0 Å². The summed E-state index contributed by atoms with van der Waals surface area (Å²) in [6.07, 6.45) is 0. The van der Waals surface area contributed by atoms with Crippen molar-refractivity contribution in [1.29, 1.82) is 0 Å². The van der Waals surface area contributed by atoms with Crippen LogP contribution in [0.15, 0.2) is 48.5 Å². The zero-order chi connectivity index (χ0) is 17.6. The lowest BCUT2D eigenvalue weighted by atomic mass is 10.2. The Morgan fingerprint density at radius 2 is 1.88 bits per heavy atom. The highest BCUT2D eigenvalue weighted by Gasteiger charge is 2.09. The van der Waals surface area contributed by atoms with Crippen molar-refractivity contribution in [3.63, 3.8) is 0 Å². The number of aliphatic carboxylic acids is 1. The zero-order valence-electron chi connectivity index (χ0n) is 13.7. The molecule has 7 nitrogen and oxygen atoms in total. The smallest absolute Gasteiger partial charge is 0.322 e. The van der Waals surface area contributed by atoms with Crippen LogP contribution in [-0.4, -0.2) is 34.2 Å². The first-order valence-corrected chi connectivity index (χ1v) is 7.88. The highest BCUT2D eigenvalue weighted by Crippen LogP contribution is 2.24. The van der Waals surface area contributed by atoms with E-state index in [1.807, 2.05) is 55.5 Å². The predicted octanol–water partition coefficient (Wildman–Crippen LogP) is 3.27. The molecule has 3 aromatic rings. The van der Waals surface area contributed by atoms with Gasteiger partial charge in [0.1, 0.15) is 18.1 Å². The molecule has 1 heterocycles. The van der Waals surface area contributed by atoms with Gasteiger partial charge < -0.3 is 20.5 Å². The Bertz CT molecular complexity index is 881. The molecule has 0 unspecified atom stereocenters. The van der Waals surface area contributed by atoms with E-state index in [1.165, 1.54) is 0 Å². The normalized spacial score (nSPS) is 10.4. The van der Waals surface area contributed by atoms with E-state index in [9.17, 15) is 4.79 Å². The molecule has 0 saturated carbocycles. The summed E-state index contributed by atoms with van der Waals surface area (Å²) in [4.78, 5) is 19.7. The van der Waals surface area contributed by atoms with E-state index in [2.05, 4.69) is 20.6 Å². The van der Waals surface area contributed by atoms with Gasteiger partial charge in [-0.25, -0.2) is 4.98 Å². The maximum absolute atomic E-state index is 10.8. The molecule has 0 bridgehead atoms. The summed E-state index contributed by atoms with van der Waals surface area (Å²) in [5.74, 6) is 0.692. The molecular formula is C18H18N4O3. The van der Waals surface area contributed by atoms with Crippen LogP contribution in [0.1, 0.15) is 6.92 Å². The van der Waals surface area contributed by atoms with Gasteiger partial charge in [0.2, 0.25) is 5.95 Å². The monoisotopic (exact) mass is 338 g/mol. The number of anilines is 3. The largest absolute Gasteiger partial charge is 0.494 e. The third-order valence-electron chi connectivity index (χ3n) is 3.43. The van der Waals surface area contributed by atoms with Gasteiger partial charge in [0.25, 0.3) is 0 Å². The molecule has 0 aliphatic rings. The van der Waals surface area contributed by atoms with Crippen LogP contribution >= 0.6 is 0 Å². The SMILES string of the molecule is CCOc1ccc(Nc2nc(NCC(=O)O)c3ccccc3n2)cc1. The van der Waals surface area contributed by atoms with Crippen LogP contribution in [0.25, 0.3) is 10.9 Å². The molecular weight excluding hydrogens is 320 g/mol. The second kappa shape index (κ2) is 7.48. The molecule has 7 heteroatoms. The van der Waals surface area contributed by atoms with Gasteiger partial charge >= 0.3 is 5.97 Å². The molecule has 0 fully saturated rings. The number of carboxylic acids is 1. The summed E-state index contributed by atoms with van der Waals surface area (Å²) in [6.45, 7) is 2.32. The fraction of sp³-hybridized carbons (Fsp3) is 0.167. The summed E-state index contributed by atoms with van der Waals surface area (Å²) in [5.41, 5.74) is 1.53. The molecule has 25 heavy (non-hydrogen) atoms. The number of hydrogen-bond donors (Lipinski definition) is 3. The first-order valence-electron chi connectivity index (χ1n) is 7.88. The Morgan fingerprint density at radius 1 is 1.12 bits per heavy atom. The number of ether oxygens (including phenoxy) is 1. The third kappa shape index (κ3) is 4.14. The number of nitrogens with zero attached hydrogens (tertiary/aromatic N) is 2. The topological polar surface area (TPSA) is 96.4 Å². The Kier molecular flexibility index (Phi) is 4.94. The van der Waals surface area contributed by atoms with Gasteiger partial charge in [-0.05, 0) is 43.3 Å². The van der Waals surface area contributed by atoms with E-state index in [0.29, 0.717) is 18.4 Å². The van der Waals surface area contributed by atoms with Crippen molar-refractivity contribution in [2.45, 2.75) is 6.92 Å². The number of para-hydroxylation sites is 1. The van der Waals surface area contributed by atoms with Crippen LogP contribution in [0.5, 0.6) is 5.75 Å². The summed E-state index contributed by atoms with van der Waals surface area (Å²) in [7, 11) is 0. The Morgan fingerprint density at radius 3 is 2.60 bits per heavy atom. The minimum Gasteiger partial charge on any atom is -0.494 e. The standard InChI is InChI=1S/C18H18N4O3/c1-2-25-13-9-7-12(8-10-13)20-18-21-15-6-4-3-5-14(15)17(22-18)19-11-16(23)24/h3-10H,2,11H2,1H3,(H,23,24)(H2,19,20,21,22). The number of rotatable bonds is 7. The van der Waals surface area contributed by atoms with Gasteiger partial charge in [-0.15, -0.1) is 0 Å². The molecule has 0 aliphatic carbocycles. The first kappa shape index (κ1) is 16.5. The van der Waals surface area contributed by atoms with Crippen LogP contribution in [-0.2, 0) is 4.79 Å². The van der Waals surface area contributed by atoms with Crippen molar-refractivity contribution in [1.82, 2.24) is 9.97 Å². The first-order chi connectivity index (χ1) is 12.2. The minimum atomic E-state index is -0.955. The third-order valence-corrected chi connectivity index (χ3v) is 3.43. The van der Waals surface area contributed by atoms with Gasteiger partial charge in [-0.1, -0.05) is 12.1 Å². The Labute approximate surface area is 144 Å². The van der Waals surface area contributed by atoms with E-state index in [1.54, 1.807) is 0 Å². The highest BCUT2D eigenvalue weighted by atomic mass is 16.5. The average molecular weight is 338 g/mol. The second-order valence-electron chi connectivity index (χ2n) is 5.24. The van der Waals surface area contributed by atoms with Gasteiger partial charge in [0, 0.05) is 11.1 Å². The number of fused-ring (bicyclic) bond motifs is 1. The molecule has 0 saturated heterocycles. The molecule has 3 rings (SSSR count). The molecule has 128 valence electrons. The lowest BCUT2D eigenvalue weighted by Gasteiger charge is -2.11. The van der Waals surface area contributed by atoms with Crippen molar-refractivity contribution < 1.29 is 14.6 Å². The molecule has 1 aromatic heterocycles. The summed E-state index contributed by atoms with van der Waals surface area (Å²) >= 11 is 0. The number of carbonyl (C=O) groups is 1. The predicted molar refractivity (Wildman–Crippen MR) is 96.6 cm³/mol. The van der Waals surface area contributed by atoms with Gasteiger partial charge in [-0.2, -0.15) is 4.98 Å². The molecule has 3 N–H and O–H groups in total. The molecule has 0 spiro atoms. The quantitative estimate of drug-likeness (QED) is 0.608. The summed E-state index contributed by atoms with van der Waals surface area (Å²) in [6, 6.07) is 14.9. The van der Waals surface area contributed by atoms with E-state index in [0.717, 1.165) is 22.3 Å². The number of nitrogens with one attached hydrogen (secondary N) is 2. The van der Waals surface area contributed by atoms with E-state index in [-0.39, 0.29) is 6.54 Å². The van der Waals surface area contributed by atoms with Crippen molar-refractivity contribution in [3.8, 4) is 5.75 Å². The molecule has 0 atom stereocenters. The van der Waals surface area contributed by atoms with Gasteiger partial charge in [0.05, 0.1) is 12.1 Å². The second-order valence-corrected chi connectivity index (χ2v) is 5.24. The fourth-order valence-electron chi connectivity index (χ4n) is 2.36. The number of hydrogen-bond acceptors (Lipinski definition) is 6. The van der Waals surface area contributed by atoms with Crippen molar-refractivity contribution in [3.05, 3.63) is 48.5 Å². The van der Waals surface area contributed by atoms with E-state index >= 15 is 0 Å². The van der Waals surface area contributed by atoms with Crippen LogP contribution in [0, 0.1) is 0 Å². The van der Waals surface area contributed by atoms with E-state index in [4.69, 9.17) is 9.84 Å². The molecule has 2 aromatic carbocycles. The lowest BCUT2D eigenvalue weighted by molar-refractivity contribution is -0.134. The molecule has 0 amide bonds. The zero-order valence-corrected chi connectivity index (χ0v) is 13.7. The van der Waals surface area contributed by atoms with Crippen molar-refractivity contribution in [2.24, 2.45) is 0 Å². The highest BCUT2D eigenvalue weighted by molar-refractivity contribution is 5.91. The van der Waals surface area contributed by atoms with Crippen LogP contribution < -0.4 is 15.4 Å². The summed E-state index contributed by atoms with van der Waals surface area (Å²) < 4.78 is 5.42. The Hall–Kier alpha value is -3.35.